The molecular formula is C14H21FN2. The van der Waals surface area contributed by atoms with Crippen LogP contribution in [0, 0.1) is 11.2 Å². The summed E-state index contributed by atoms with van der Waals surface area (Å²) in [6.45, 7) is 7.16. The van der Waals surface area contributed by atoms with E-state index in [4.69, 9.17) is 5.73 Å². The van der Waals surface area contributed by atoms with E-state index in [1.807, 2.05) is 6.07 Å². The minimum Gasteiger partial charge on any atom is -0.329 e. The van der Waals surface area contributed by atoms with Gasteiger partial charge in [-0.1, -0.05) is 26.0 Å². The van der Waals surface area contributed by atoms with Gasteiger partial charge in [0.05, 0.1) is 0 Å². The normalized spacial score (nSPS) is 21.6. The number of hydrogen-bond donors (Lipinski definition) is 1. The zero-order valence-corrected chi connectivity index (χ0v) is 10.6. The molecule has 1 atom stereocenters. The minimum absolute atomic E-state index is 0.146. The van der Waals surface area contributed by atoms with Crippen molar-refractivity contribution >= 4 is 0 Å². The molecule has 0 spiro atoms. The van der Waals surface area contributed by atoms with E-state index in [0.717, 1.165) is 18.7 Å². The van der Waals surface area contributed by atoms with Crippen molar-refractivity contribution in [3.63, 3.8) is 0 Å². The summed E-state index contributed by atoms with van der Waals surface area (Å²) in [6, 6.07) is 6.95. The fraction of sp³-hybridized carbons (Fsp3) is 0.571. The molecule has 94 valence electrons. The molecule has 1 saturated heterocycles. The Morgan fingerprint density at radius 1 is 1.47 bits per heavy atom. The van der Waals surface area contributed by atoms with Crippen molar-refractivity contribution in [3.8, 4) is 0 Å². The van der Waals surface area contributed by atoms with Crippen LogP contribution in [0.1, 0.15) is 31.9 Å². The molecule has 0 radical (unpaired) electrons. The van der Waals surface area contributed by atoms with Gasteiger partial charge in [0.2, 0.25) is 0 Å². The summed E-state index contributed by atoms with van der Waals surface area (Å²) in [6.07, 6.45) is 1.18. The summed E-state index contributed by atoms with van der Waals surface area (Å²) in [5.41, 5.74) is 7.20. The van der Waals surface area contributed by atoms with Gasteiger partial charge in [-0.25, -0.2) is 4.39 Å². The van der Waals surface area contributed by atoms with Crippen LogP contribution in [0.25, 0.3) is 0 Å². The highest BCUT2D eigenvalue weighted by molar-refractivity contribution is 5.21. The monoisotopic (exact) mass is 236 g/mol. The third-order valence-electron chi connectivity index (χ3n) is 3.60. The van der Waals surface area contributed by atoms with Crippen LogP contribution in [0.4, 0.5) is 4.39 Å². The summed E-state index contributed by atoms with van der Waals surface area (Å²) in [4.78, 5) is 2.37. The largest absolute Gasteiger partial charge is 0.329 e. The van der Waals surface area contributed by atoms with Crippen molar-refractivity contribution in [2.75, 3.05) is 19.6 Å². The number of halogens is 1. The van der Waals surface area contributed by atoms with E-state index in [1.54, 1.807) is 12.1 Å². The summed E-state index contributed by atoms with van der Waals surface area (Å²) < 4.78 is 13.2. The van der Waals surface area contributed by atoms with Gasteiger partial charge in [0, 0.05) is 19.1 Å². The van der Waals surface area contributed by atoms with Crippen molar-refractivity contribution in [1.29, 1.82) is 0 Å². The van der Waals surface area contributed by atoms with Crippen LogP contribution >= 0.6 is 0 Å². The smallest absolute Gasteiger partial charge is 0.123 e. The van der Waals surface area contributed by atoms with E-state index < -0.39 is 0 Å². The summed E-state index contributed by atoms with van der Waals surface area (Å²) >= 11 is 0. The molecule has 0 amide bonds. The molecule has 0 saturated carbocycles. The van der Waals surface area contributed by atoms with Crippen molar-refractivity contribution in [1.82, 2.24) is 4.90 Å². The lowest BCUT2D eigenvalue weighted by molar-refractivity contribution is 0.223. The Morgan fingerprint density at radius 3 is 2.76 bits per heavy atom. The number of rotatable bonds is 3. The standard InChI is InChI=1S/C14H21FN2/c1-14(2)6-7-17(10-14)13(9-16)11-4-3-5-12(15)8-11/h3-5,8,13H,6-7,9-10,16H2,1-2H3. The molecule has 0 bridgehead atoms. The molecule has 1 aliphatic heterocycles. The van der Waals surface area contributed by atoms with Crippen molar-refractivity contribution < 1.29 is 4.39 Å². The highest BCUT2D eigenvalue weighted by atomic mass is 19.1. The van der Waals surface area contributed by atoms with E-state index in [0.29, 0.717) is 12.0 Å². The Bertz CT molecular complexity index is 390. The molecule has 3 heteroatoms. The van der Waals surface area contributed by atoms with Crippen molar-refractivity contribution in [2.45, 2.75) is 26.3 Å². The maximum absolute atomic E-state index is 13.2. The molecule has 1 heterocycles. The molecule has 1 unspecified atom stereocenters. The lowest BCUT2D eigenvalue weighted by Gasteiger charge is -2.28. The fourth-order valence-electron chi connectivity index (χ4n) is 2.63. The Kier molecular flexibility index (Phi) is 3.50. The quantitative estimate of drug-likeness (QED) is 0.874. The molecular weight excluding hydrogens is 215 g/mol. The van der Waals surface area contributed by atoms with E-state index in [-0.39, 0.29) is 11.9 Å². The van der Waals surface area contributed by atoms with Crippen LogP contribution < -0.4 is 5.73 Å². The molecule has 1 aliphatic rings. The second kappa shape index (κ2) is 4.75. The van der Waals surface area contributed by atoms with E-state index in [9.17, 15) is 4.39 Å². The number of benzene rings is 1. The first-order valence-electron chi connectivity index (χ1n) is 6.21. The average molecular weight is 236 g/mol. The SMILES string of the molecule is CC1(C)CCN(C(CN)c2cccc(F)c2)C1. The van der Waals surface area contributed by atoms with Crippen molar-refractivity contribution in [2.24, 2.45) is 11.1 Å². The second-order valence-corrected chi connectivity index (χ2v) is 5.69. The third kappa shape index (κ3) is 2.85. The average Bonchev–Trinajstić information content (AvgIpc) is 2.60. The molecule has 2 nitrogen and oxygen atoms in total. The van der Waals surface area contributed by atoms with E-state index in [1.165, 1.54) is 12.5 Å². The maximum Gasteiger partial charge on any atom is 0.123 e. The van der Waals surface area contributed by atoms with Gasteiger partial charge >= 0.3 is 0 Å². The van der Waals surface area contributed by atoms with E-state index >= 15 is 0 Å². The topological polar surface area (TPSA) is 29.3 Å². The first-order chi connectivity index (χ1) is 8.02. The Hall–Kier alpha value is -0.930. The van der Waals surface area contributed by atoms with Gasteiger partial charge in [0.1, 0.15) is 5.82 Å². The highest BCUT2D eigenvalue weighted by Crippen LogP contribution is 2.34. The number of nitrogens with zero attached hydrogens (tertiary/aromatic N) is 1. The number of likely N-dealkylation sites (tertiary alicyclic amines) is 1. The van der Waals surface area contributed by atoms with Gasteiger partial charge in [-0.3, -0.25) is 4.90 Å². The lowest BCUT2D eigenvalue weighted by atomic mass is 9.93. The number of nitrogens with two attached hydrogens (primary N) is 1. The Balaban J connectivity index is 2.17. The first-order valence-corrected chi connectivity index (χ1v) is 6.21. The van der Waals surface area contributed by atoms with Gasteiger partial charge < -0.3 is 5.73 Å². The van der Waals surface area contributed by atoms with Gasteiger partial charge in [-0.2, -0.15) is 0 Å². The zero-order valence-electron chi connectivity index (χ0n) is 10.6. The van der Waals surface area contributed by atoms with Gasteiger partial charge in [0.15, 0.2) is 0 Å². The molecule has 0 aliphatic carbocycles. The van der Waals surface area contributed by atoms with Crippen LogP contribution in [0.15, 0.2) is 24.3 Å². The van der Waals surface area contributed by atoms with Crippen LogP contribution in [0.5, 0.6) is 0 Å². The predicted octanol–water partition coefficient (Wildman–Crippen LogP) is 2.56. The Morgan fingerprint density at radius 2 is 2.24 bits per heavy atom. The summed E-state index contributed by atoms with van der Waals surface area (Å²) in [7, 11) is 0. The zero-order chi connectivity index (χ0) is 12.5. The molecule has 1 aromatic carbocycles. The van der Waals surface area contributed by atoms with Crippen LogP contribution in [-0.4, -0.2) is 24.5 Å². The predicted molar refractivity (Wildman–Crippen MR) is 68.2 cm³/mol. The third-order valence-corrected chi connectivity index (χ3v) is 3.60. The summed E-state index contributed by atoms with van der Waals surface area (Å²) in [5, 5.41) is 0. The van der Waals surface area contributed by atoms with E-state index in [2.05, 4.69) is 18.7 Å². The van der Waals surface area contributed by atoms with Crippen LogP contribution in [0.3, 0.4) is 0 Å². The molecule has 2 N–H and O–H groups in total. The molecule has 17 heavy (non-hydrogen) atoms. The Labute approximate surface area is 103 Å². The minimum atomic E-state index is -0.181. The van der Waals surface area contributed by atoms with Gasteiger partial charge in [0.25, 0.3) is 0 Å². The summed E-state index contributed by atoms with van der Waals surface area (Å²) in [5.74, 6) is -0.181. The highest BCUT2D eigenvalue weighted by Gasteiger charge is 2.33. The molecule has 1 aromatic rings. The van der Waals surface area contributed by atoms with Crippen LogP contribution in [-0.2, 0) is 0 Å². The maximum atomic E-state index is 13.2. The second-order valence-electron chi connectivity index (χ2n) is 5.69. The van der Waals surface area contributed by atoms with Gasteiger partial charge in [-0.05, 0) is 36.1 Å². The van der Waals surface area contributed by atoms with Gasteiger partial charge in [-0.15, -0.1) is 0 Å². The molecule has 0 aromatic heterocycles. The lowest BCUT2D eigenvalue weighted by Crippen LogP contribution is -2.33. The molecule has 1 fully saturated rings. The first kappa shape index (κ1) is 12.5. The van der Waals surface area contributed by atoms with Crippen LogP contribution in [0.2, 0.25) is 0 Å². The van der Waals surface area contributed by atoms with Crippen molar-refractivity contribution in [3.05, 3.63) is 35.6 Å². The fourth-order valence-corrected chi connectivity index (χ4v) is 2.63. The molecule has 2 rings (SSSR count). The number of hydrogen-bond acceptors (Lipinski definition) is 2.